The van der Waals surface area contributed by atoms with E-state index < -0.39 is 12.0 Å². The maximum Gasteiger partial charge on any atom is 0.330 e. The van der Waals surface area contributed by atoms with Crippen molar-refractivity contribution in [2.24, 2.45) is 0 Å². The van der Waals surface area contributed by atoms with Gasteiger partial charge in [0.15, 0.2) is 0 Å². The second-order valence-electron chi connectivity index (χ2n) is 5.76. The van der Waals surface area contributed by atoms with E-state index in [0.717, 1.165) is 0 Å². The Hall–Kier alpha value is -2.87. The van der Waals surface area contributed by atoms with Crippen LogP contribution in [-0.2, 0) is 9.53 Å². The van der Waals surface area contributed by atoms with E-state index in [9.17, 15) is 14.4 Å². The van der Waals surface area contributed by atoms with E-state index >= 15 is 0 Å². The number of piperazine rings is 1. The molecule has 1 aromatic carbocycles. The highest BCUT2D eigenvalue weighted by Crippen LogP contribution is 2.19. The van der Waals surface area contributed by atoms with Crippen LogP contribution >= 0.6 is 11.3 Å². The number of carbonyl (C=O) groups is 3. The molecule has 1 atom stereocenters. The predicted octanol–water partition coefficient (Wildman–Crippen LogP) is 2.28. The number of hydrogen-bond donors (Lipinski definition) is 1. The predicted molar refractivity (Wildman–Crippen MR) is 98.2 cm³/mol. The highest BCUT2D eigenvalue weighted by atomic mass is 32.1. The SMILES string of the molecule is COC(=O)[C@@H]1CN(C(=O)Nc2ccccc2)CCN1C(=O)c1cccs1. The number of thiophene rings is 1. The standard InChI is InChI=1S/C18H19N3O4S/c1-25-17(23)14-12-20(18(24)19-13-6-3-2-4-7-13)9-10-21(14)16(22)15-8-5-11-26-15/h2-8,11,14H,9-10,12H2,1H3,(H,19,24)/t14-/m0/s1. The second kappa shape index (κ2) is 8.01. The van der Waals surface area contributed by atoms with Gasteiger partial charge in [0.25, 0.3) is 5.91 Å². The third-order valence-electron chi connectivity index (χ3n) is 4.16. The fourth-order valence-electron chi connectivity index (χ4n) is 2.81. The van der Waals surface area contributed by atoms with E-state index in [1.807, 2.05) is 23.6 Å². The smallest absolute Gasteiger partial charge is 0.330 e. The summed E-state index contributed by atoms with van der Waals surface area (Å²) in [5.41, 5.74) is 0.671. The third kappa shape index (κ3) is 3.85. The Morgan fingerprint density at radius 1 is 1.12 bits per heavy atom. The van der Waals surface area contributed by atoms with Gasteiger partial charge >= 0.3 is 12.0 Å². The molecule has 3 rings (SSSR count). The molecule has 1 N–H and O–H groups in total. The minimum absolute atomic E-state index is 0.0858. The summed E-state index contributed by atoms with van der Waals surface area (Å²) in [6, 6.07) is 11.4. The van der Waals surface area contributed by atoms with Crippen molar-refractivity contribution in [2.45, 2.75) is 6.04 Å². The Balaban J connectivity index is 1.72. The first-order valence-corrected chi connectivity index (χ1v) is 9.01. The number of hydrogen-bond acceptors (Lipinski definition) is 5. The maximum absolute atomic E-state index is 12.7. The number of rotatable bonds is 3. The number of benzene rings is 1. The van der Waals surface area contributed by atoms with Crippen molar-refractivity contribution >= 4 is 34.9 Å². The van der Waals surface area contributed by atoms with Crippen LogP contribution in [0.4, 0.5) is 10.5 Å². The number of urea groups is 1. The fraction of sp³-hybridized carbons (Fsp3) is 0.278. The van der Waals surface area contributed by atoms with Crippen LogP contribution in [0.1, 0.15) is 9.67 Å². The molecular weight excluding hydrogens is 354 g/mol. The van der Waals surface area contributed by atoms with Crippen LogP contribution in [0.15, 0.2) is 47.8 Å². The van der Waals surface area contributed by atoms with E-state index in [-0.39, 0.29) is 25.0 Å². The molecule has 1 aliphatic heterocycles. The maximum atomic E-state index is 12.7. The highest BCUT2D eigenvalue weighted by Gasteiger charge is 2.38. The molecule has 0 radical (unpaired) electrons. The Kier molecular flexibility index (Phi) is 5.52. The van der Waals surface area contributed by atoms with Gasteiger partial charge in [0, 0.05) is 18.8 Å². The minimum atomic E-state index is -0.829. The Morgan fingerprint density at radius 3 is 2.54 bits per heavy atom. The largest absolute Gasteiger partial charge is 0.467 e. The van der Waals surface area contributed by atoms with Crippen molar-refractivity contribution < 1.29 is 19.1 Å². The molecule has 2 heterocycles. The number of ether oxygens (including phenoxy) is 1. The van der Waals surface area contributed by atoms with Gasteiger partial charge in [-0.1, -0.05) is 24.3 Å². The lowest BCUT2D eigenvalue weighted by Gasteiger charge is -2.39. The fourth-order valence-corrected chi connectivity index (χ4v) is 3.49. The van der Waals surface area contributed by atoms with Gasteiger partial charge in [-0.25, -0.2) is 9.59 Å². The molecule has 0 spiro atoms. The van der Waals surface area contributed by atoms with E-state index in [4.69, 9.17) is 4.74 Å². The van der Waals surface area contributed by atoms with E-state index in [1.165, 1.54) is 28.2 Å². The normalized spacial score (nSPS) is 16.9. The van der Waals surface area contributed by atoms with Crippen LogP contribution in [0.2, 0.25) is 0 Å². The summed E-state index contributed by atoms with van der Waals surface area (Å²) < 4.78 is 4.85. The number of methoxy groups -OCH3 is 1. The summed E-state index contributed by atoms with van der Waals surface area (Å²) in [7, 11) is 1.28. The lowest BCUT2D eigenvalue weighted by Crippen LogP contribution is -2.60. The van der Waals surface area contributed by atoms with Gasteiger partial charge in [-0.05, 0) is 23.6 Å². The Morgan fingerprint density at radius 2 is 1.88 bits per heavy atom. The second-order valence-corrected chi connectivity index (χ2v) is 6.70. The molecule has 1 aromatic heterocycles. The van der Waals surface area contributed by atoms with Gasteiger partial charge in [-0.2, -0.15) is 0 Å². The van der Waals surface area contributed by atoms with Gasteiger partial charge in [0.1, 0.15) is 6.04 Å². The molecule has 3 amide bonds. The van der Waals surface area contributed by atoms with Crippen LogP contribution in [0.3, 0.4) is 0 Å². The first-order chi connectivity index (χ1) is 12.6. The number of carbonyl (C=O) groups excluding carboxylic acids is 3. The molecule has 0 unspecified atom stereocenters. The number of nitrogens with one attached hydrogen (secondary N) is 1. The molecule has 0 saturated carbocycles. The van der Waals surface area contributed by atoms with Gasteiger partial charge < -0.3 is 19.9 Å². The average Bonchev–Trinajstić information content (AvgIpc) is 3.22. The van der Waals surface area contributed by atoms with Crippen LogP contribution in [0.5, 0.6) is 0 Å². The van der Waals surface area contributed by atoms with Crippen molar-refractivity contribution in [3.05, 3.63) is 52.7 Å². The lowest BCUT2D eigenvalue weighted by molar-refractivity contribution is -0.147. The molecular formula is C18H19N3O4S. The molecule has 26 heavy (non-hydrogen) atoms. The van der Waals surface area contributed by atoms with Crippen LogP contribution in [0.25, 0.3) is 0 Å². The molecule has 0 aliphatic carbocycles. The van der Waals surface area contributed by atoms with Crippen molar-refractivity contribution in [3.63, 3.8) is 0 Å². The summed E-state index contributed by atoms with van der Waals surface area (Å²) in [6.07, 6.45) is 0. The summed E-state index contributed by atoms with van der Waals surface area (Å²) in [4.78, 5) is 40.9. The number of amides is 3. The first-order valence-electron chi connectivity index (χ1n) is 8.13. The van der Waals surface area contributed by atoms with E-state index in [2.05, 4.69) is 5.32 Å². The molecule has 1 fully saturated rings. The van der Waals surface area contributed by atoms with E-state index in [0.29, 0.717) is 17.1 Å². The molecule has 7 nitrogen and oxygen atoms in total. The van der Waals surface area contributed by atoms with Crippen molar-refractivity contribution in [1.82, 2.24) is 9.80 Å². The Labute approximate surface area is 155 Å². The number of para-hydroxylation sites is 1. The highest BCUT2D eigenvalue weighted by molar-refractivity contribution is 7.12. The zero-order valence-electron chi connectivity index (χ0n) is 14.3. The summed E-state index contributed by atoms with van der Waals surface area (Å²) in [5.74, 6) is -0.759. The van der Waals surface area contributed by atoms with Gasteiger partial charge in [-0.3, -0.25) is 4.79 Å². The van der Waals surface area contributed by atoms with Gasteiger partial charge in [-0.15, -0.1) is 11.3 Å². The zero-order valence-corrected chi connectivity index (χ0v) is 15.1. The van der Waals surface area contributed by atoms with Crippen LogP contribution in [0, 0.1) is 0 Å². The molecule has 1 aliphatic rings. The summed E-state index contributed by atoms with van der Waals surface area (Å²) in [6.45, 7) is 0.685. The number of nitrogens with zero attached hydrogens (tertiary/aromatic N) is 2. The molecule has 8 heteroatoms. The lowest BCUT2D eigenvalue weighted by atomic mass is 10.1. The van der Waals surface area contributed by atoms with E-state index in [1.54, 1.807) is 24.3 Å². The van der Waals surface area contributed by atoms with Crippen molar-refractivity contribution in [3.8, 4) is 0 Å². The molecule has 2 aromatic rings. The molecule has 136 valence electrons. The summed E-state index contributed by atoms with van der Waals surface area (Å²) in [5, 5.41) is 4.60. The zero-order chi connectivity index (χ0) is 18.5. The van der Waals surface area contributed by atoms with Crippen molar-refractivity contribution in [2.75, 3.05) is 32.1 Å². The van der Waals surface area contributed by atoms with Crippen LogP contribution < -0.4 is 5.32 Å². The quantitative estimate of drug-likeness (QED) is 0.837. The minimum Gasteiger partial charge on any atom is -0.467 e. The monoisotopic (exact) mass is 373 g/mol. The van der Waals surface area contributed by atoms with Gasteiger partial charge in [0.2, 0.25) is 0 Å². The topological polar surface area (TPSA) is 79.0 Å². The van der Waals surface area contributed by atoms with Crippen molar-refractivity contribution in [1.29, 1.82) is 0 Å². The Bertz CT molecular complexity index is 779. The average molecular weight is 373 g/mol. The first kappa shape index (κ1) is 17.9. The molecule has 1 saturated heterocycles. The summed E-state index contributed by atoms with van der Waals surface area (Å²) >= 11 is 1.32. The van der Waals surface area contributed by atoms with Gasteiger partial charge in [0.05, 0.1) is 18.5 Å². The molecule has 0 bridgehead atoms. The van der Waals surface area contributed by atoms with Crippen LogP contribution in [-0.4, -0.2) is 60.5 Å². The number of esters is 1. The third-order valence-corrected chi connectivity index (χ3v) is 5.02. The number of anilines is 1.